The molecule has 1 amide bonds. The number of anilines is 1. The topological polar surface area (TPSA) is 78.9 Å². The Bertz CT molecular complexity index is 749. The summed E-state index contributed by atoms with van der Waals surface area (Å²) in [5.41, 5.74) is -1.81. The van der Waals surface area contributed by atoms with Crippen LogP contribution in [0.1, 0.15) is 36.7 Å². The minimum Gasteiger partial charge on any atom is -0.478 e. The SMILES string of the molecule is Cc1c(F)c(C(=O)O)cc(F)c1N1C[C@H](CF)[C@H](NC(=O)OC(C)(C)C)C1. The maximum atomic E-state index is 14.5. The van der Waals surface area contributed by atoms with Crippen LogP contribution in [0.3, 0.4) is 0 Å². The van der Waals surface area contributed by atoms with E-state index in [1.807, 2.05) is 0 Å². The molecule has 0 bridgehead atoms. The van der Waals surface area contributed by atoms with Crippen molar-refractivity contribution in [2.45, 2.75) is 39.3 Å². The number of nitrogens with one attached hydrogen (secondary N) is 1. The molecule has 6 nitrogen and oxygen atoms in total. The fourth-order valence-corrected chi connectivity index (χ4v) is 3.12. The van der Waals surface area contributed by atoms with Crippen LogP contribution in [0, 0.1) is 24.5 Å². The van der Waals surface area contributed by atoms with Gasteiger partial charge in [-0.15, -0.1) is 0 Å². The summed E-state index contributed by atoms with van der Waals surface area (Å²) in [6.45, 7) is 5.63. The van der Waals surface area contributed by atoms with Crippen molar-refractivity contribution >= 4 is 17.7 Å². The lowest BCUT2D eigenvalue weighted by molar-refractivity contribution is 0.0494. The monoisotopic (exact) mass is 388 g/mol. The van der Waals surface area contributed by atoms with Crippen LogP contribution in [-0.4, -0.2) is 48.6 Å². The molecule has 150 valence electrons. The number of hydrogen-bond acceptors (Lipinski definition) is 4. The molecule has 1 heterocycles. The third-order valence-corrected chi connectivity index (χ3v) is 4.31. The minimum absolute atomic E-state index is 0.0391. The molecule has 1 saturated heterocycles. The van der Waals surface area contributed by atoms with Crippen LogP contribution < -0.4 is 10.2 Å². The molecule has 1 aliphatic rings. The van der Waals surface area contributed by atoms with E-state index in [0.29, 0.717) is 6.07 Å². The molecular weight excluding hydrogens is 365 g/mol. The highest BCUT2D eigenvalue weighted by Gasteiger charge is 2.37. The third-order valence-electron chi connectivity index (χ3n) is 4.31. The molecule has 0 aliphatic carbocycles. The molecule has 1 aromatic rings. The Morgan fingerprint density at radius 1 is 1.33 bits per heavy atom. The number of hydrogen-bond donors (Lipinski definition) is 2. The summed E-state index contributed by atoms with van der Waals surface area (Å²) in [5, 5.41) is 11.5. The van der Waals surface area contributed by atoms with Gasteiger partial charge in [-0.2, -0.15) is 0 Å². The quantitative estimate of drug-likeness (QED) is 0.828. The van der Waals surface area contributed by atoms with Crippen LogP contribution in [0.15, 0.2) is 6.07 Å². The second-order valence-electron chi connectivity index (χ2n) is 7.57. The van der Waals surface area contributed by atoms with Gasteiger partial charge in [-0.1, -0.05) is 0 Å². The predicted molar refractivity (Wildman–Crippen MR) is 92.9 cm³/mol. The number of amides is 1. The van der Waals surface area contributed by atoms with Crippen LogP contribution >= 0.6 is 0 Å². The van der Waals surface area contributed by atoms with E-state index in [1.165, 1.54) is 11.8 Å². The molecule has 2 rings (SSSR count). The summed E-state index contributed by atoms with van der Waals surface area (Å²) < 4.78 is 47.3. The van der Waals surface area contributed by atoms with Gasteiger partial charge in [0.1, 0.15) is 17.2 Å². The molecule has 0 saturated carbocycles. The van der Waals surface area contributed by atoms with Crippen molar-refractivity contribution in [1.29, 1.82) is 0 Å². The number of carbonyl (C=O) groups excluding carboxylic acids is 1. The number of carboxylic acids is 1. The van der Waals surface area contributed by atoms with Gasteiger partial charge in [0.25, 0.3) is 0 Å². The number of alkyl carbamates (subject to hydrolysis) is 1. The Kier molecular flexibility index (Phi) is 5.91. The molecule has 27 heavy (non-hydrogen) atoms. The molecule has 1 aliphatic heterocycles. The number of benzene rings is 1. The average molecular weight is 388 g/mol. The lowest BCUT2D eigenvalue weighted by Gasteiger charge is -2.24. The van der Waals surface area contributed by atoms with Crippen LogP contribution in [0.4, 0.5) is 23.7 Å². The third kappa shape index (κ3) is 4.64. The first kappa shape index (κ1) is 20.9. The van der Waals surface area contributed by atoms with Crippen LogP contribution in [0.25, 0.3) is 0 Å². The molecular formula is C18H23F3N2O4. The molecule has 0 radical (unpaired) electrons. The van der Waals surface area contributed by atoms with E-state index in [0.717, 1.165) is 0 Å². The molecule has 0 spiro atoms. The number of carboxylic acid groups (broad SMARTS) is 1. The molecule has 2 N–H and O–H groups in total. The van der Waals surface area contributed by atoms with Gasteiger partial charge in [-0.25, -0.2) is 18.4 Å². The highest BCUT2D eigenvalue weighted by molar-refractivity contribution is 5.89. The number of aromatic carboxylic acids is 1. The number of nitrogens with zero attached hydrogens (tertiary/aromatic N) is 1. The van der Waals surface area contributed by atoms with E-state index in [-0.39, 0.29) is 24.3 Å². The van der Waals surface area contributed by atoms with Crippen molar-refractivity contribution in [3.63, 3.8) is 0 Å². The first-order valence-corrected chi connectivity index (χ1v) is 8.47. The first-order chi connectivity index (χ1) is 12.4. The Morgan fingerprint density at radius 3 is 2.48 bits per heavy atom. The van der Waals surface area contributed by atoms with Gasteiger partial charge < -0.3 is 20.1 Å². The van der Waals surface area contributed by atoms with E-state index < -0.39 is 53.5 Å². The summed E-state index contributed by atoms with van der Waals surface area (Å²) in [4.78, 5) is 24.4. The van der Waals surface area contributed by atoms with Crippen molar-refractivity contribution < 1.29 is 32.6 Å². The van der Waals surface area contributed by atoms with E-state index in [2.05, 4.69) is 5.32 Å². The average Bonchev–Trinajstić information content (AvgIpc) is 2.91. The van der Waals surface area contributed by atoms with Gasteiger partial charge in [-0.05, 0) is 33.8 Å². The van der Waals surface area contributed by atoms with E-state index in [1.54, 1.807) is 20.8 Å². The van der Waals surface area contributed by atoms with Crippen molar-refractivity contribution in [2.24, 2.45) is 5.92 Å². The molecule has 0 unspecified atom stereocenters. The van der Waals surface area contributed by atoms with Crippen LogP contribution in [0.2, 0.25) is 0 Å². The number of ether oxygens (including phenoxy) is 1. The summed E-state index contributed by atoms with van der Waals surface area (Å²) >= 11 is 0. The lowest BCUT2D eigenvalue weighted by atomic mass is 10.1. The molecule has 9 heteroatoms. The second kappa shape index (κ2) is 7.66. The van der Waals surface area contributed by atoms with Gasteiger partial charge in [-0.3, -0.25) is 4.39 Å². The van der Waals surface area contributed by atoms with Gasteiger partial charge in [0, 0.05) is 24.6 Å². The second-order valence-corrected chi connectivity index (χ2v) is 7.57. The molecule has 1 fully saturated rings. The number of alkyl halides is 1. The zero-order valence-corrected chi connectivity index (χ0v) is 15.6. The highest BCUT2D eigenvalue weighted by Crippen LogP contribution is 2.33. The van der Waals surface area contributed by atoms with Gasteiger partial charge in [0.2, 0.25) is 0 Å². The van der Waals surface area contributed by atoms with Gasteiger partial charge >= 0.3 is 12.1 Å². The Balaban J connectivity index is 2.25. The largest absolute Gasteiger partial charge is 0.478 e. The Morgan fingerprint density at radius 2 is 1.96 bits per heavy atom. The Labute approximate surface area is 155 Å². The number of carbonyl (C=O) groups is 2. The zero-order chi connectivity index (χ0) is 20.5. The maximum Gasteiger partial charge on any atom is 0.407 e. The summed E-state index contributed by atoms with van der Waals surface area (Å²) in [7, 11) is 0. The fourth-order valence-electron chi connectivity index (χ4n) is 3.12. The summed E-state index contributed by atoms with van der Waals surface area (Å²) in [5.74, 6) is -4.17. The zero-order valence-electron chi connectivity index (χ0n) is 15.6. The summed E-state index contributed by atoms with van der Waals surface area (Å²) in [6.07, 6.45) is -0.725. The van der Waals surface area contributed by atoms with Crippen LogP contribution in [-0.2, 0) is 4.74 Å². The van der Waals surface area contributed by atoms with Crippen molar-refractivity contribution in [3.05, 3.63) is 28.8 Å². The Hall–Kier alpha value is -2.45. The van der Waals surface area contributed by atoms with Gasteiger partial charge in [0.15, 0.2) is 0 Å². The standard InChI is InChI=1S/C18H23F3N2O4/c1-9-14(21)11(16(24)25)5-12(20)15(9)23-7-10(6-19)13(8-23)22-17(26)27-18(2,3)4/h5,10,13H,6-8H2,1-4H3,(H,22,26)(H,24,25)/t10-,13+/m0/s1. The summed E-state index contributed by atoms with van der Waals surface area (Å²) in [6, 6.07) is -0.0510. The molecule has 1 aromatic carbocycles. The van der Waals surface area contributed by atoms with E-state index in [9.17, 15) is 22.8 Å². The minimum atomic E-state index is -1.58. The van der Waals surface area contributed by atoms with E-state index in [4.69, 9.17) is 9.84 Å². The highest BCUT2D eigenvalue weighted by atomic mass is 19.1. The van der Waals surface area contributed by atoms with Crippen molar-refractivity contribution in [1.82, 2.24) is 5.32 Å². The lowest BCUT2D eigenvalue weighted by Crippen LogP contribution is -2.43. The number of rotatable bonds is 4. The fraction of sp³-hybridized carbons (Fsp3) is 0.556. The normalized spacial score (nSPS) is 19.9. The van der Waals surface area contributed by atoms with E-state index >= 15 is 0 Å². The predicted octanol–water partition coefficient (Wildman–Crippen LogP) is 3.27. The number of halogens is 3. The molecule has 0 aromatic heterocycles. The van der Waals surface area contributed by atoms with Crippen LogP contribution in [0.5, 0.6) is 0 Å². The van der Waals surface area contributed by atoms with Crippen molar-refractivity contribution in [3.8, 4) is 0 Å². The van der Waals surface area contributed by atoms with Crippen molar-refractivity contribution in [2.75, 3.05) is 24.7 Å². The smallest absolute Gasteiger partial charge is 0.407 e. The maximum absolute atomic E-state index is 14.5. The molecule has 2 atom stereocenters. The first-order valence-electron chi connectivity index (χ1n) is 8.47. The van der Waals surface area contributed by atoms with Gasteiger partial charge in [0.05, 0.1) is 24.0 Å².